The summed E-state index contributed by atoms with van der Waals surface area (Å²) >= 11 is 0. The Morgan fingerprint density at radius 2 is 2.06 bits per heavy atom. The van der Waals surface area contributed by atoms with Gasteiger partial charge < -0.3 is 5.32 Å². The van der Waals surface area contributed by atoms with E-state index in [4.69, 9.17) is 10.1 Å². The van der Waals surface area contributed by atoms with E-state index < -0.39 is 0 Å². The third-order valence-corrected chi connectivity index (χ3v) is 6.20. The van der Waals surface area contributed by atoms with Crippen LogP contribution in [-0.2, 0) is 17.8 Å². The lowest BCUT2D eigenvalue weighted by Gasteiger charge is -2.22. The van der Waals surface area contributed by atoms with Crippen molar-refractivity contribution in [3.63, 3.8) is 0 Å². The standard InChI is InChI=1S/C24H32N6O/c1-4-11-26-24(31)8-7-20-17(2)27-23-15-21(28-30(23)18(20)3)22-6-5-14-29(22)16-19-9-12-25-13-10-19/h9-10,12-13,15,22H,4-8,11,14,16H2,1-3H3,(H,26,31)/t22-/m0/s1. The van der Waals surface area contributed by atoms with Gasteiger partial charge >= 0.3 is 0 Å². The number of pyridine rings is 1. The summed E-state index contributed by atoms with van der Waals surface area (Å²) in [6.45, 7) is 8.89. The van der Waals surface area contributed by atoms with Crippen LogP contribution in [-0.4, -0.2) is 43.5 Å². The number of rotatable bonds is 8. The molecule has 0 aromatic carbocycles. The van der Waals surface area contributed by atoms with Gasteiger partial charge in [0.05, 0.1) is 11.7 Å². The van der Waals surface area contributed by atoms with E-state index in [2.05, 4.69) is 47.2 Å². The highest BCUT2D eigenvalue weighted by Crippen LogP contribution is 2.33. The molecule has 0 bridgehead atoms. The minimum absolute atomic E-state index is 0.0969. The monoisotopic (exact) mass is 420 g/mol. The van der Waals surface area contributed by atoms with Crippen molar-refractivity contribution in [2.75, 3.05) is 13.1 Å². The molecule has 0 saturated carbocycles. The summed E-state index contributed by atoms with van der Waals surface area (Å²) < 4.78 is 1.96. The second-order valence-corrected chi connectivity index (χ2v) is 8.43. The van der Waals surface area contributed by atoms with Gasteiger partial charge in [-0.3, -0.25) is 14.7 Å². The highest BCUT2D eigenvalue weighted by atomic mass is 16.1. The molecule has 0 aliphatic carbocycles. The Balaban J connectivity index is 1.55. The summed E-state index contributed by atoms with van der Waals surface area (Å²) in [7, 11) is 0. The second kappa shape index (κ2) is 9.56. The fourth-order valence-corrected chi connectivity index (χ4v) is 4.53. The van der Waals surface area contributed by atoms with E-state index >= 15 is 0 Å². The molecule has 7 nitrogen and oxygen atoms in total. The Kier molecular flexibility index (Phi) is 6.61. The maximum absolute atomic E-state index is 12.1. The number of hydrogen-bond donors (Lipinski definition) is 1. The number of nitrogens with zero attached hydrogens (tertiary/aromatic N) is 5. The SMILES string of the molecule is CCCNC(=O)CCc1c(C)nc2cc([C@@H]3CCCN3Cc3ccncc3)nn2c1C. The van der Waals surface area contributed by atoms with Crippen molar-refractivity contribution in [1.82, 2.24) is 29.8 Å². The quantitative estimate of drug-likeness (QED) is 0.603. The van der Waals surface area contributed by atoms with E-state index in [0.29, 0.717) is 18.9 Å². The van der Waals surface area contributed by atoms with Gasteiger partial charge in [-0.25, -0.2) is 9.50 Å². The highest BCUT2D eigenvalue weighted by Gasteiger charge is 2.28. The zero-order valence-electron chi connectivity index (χ0n) is 18.8. The lowest BCUT2D eigenvalue weighted by atomic mass is 10.1. The van der Waals surface area contributed by atoms with Crippen LogP contribution in [0.4, 0.5) is 0 Å². The van der Waals surface area contributed by atoms with E-state index in [-0.39, 0.29) is 5.91 Å². The minimum Gasteiger partial charge on any atom is -0.356 e. The van der Waals surface area contributed by atoms with E-state index in [9.17, 15) is 4.79 Å². The van der Waals surface area contributed by atoms with Crippen molar-refractivity contribution in [2.45, 2.75) is 65.5 Å². The number of carbonyl (C=O) groups excluding carboxylic acids is 1. The number of aryl methyl sites for hydroxylation is 2. The topological polar surface area (TPSA) is 75.4 Å². The van der Waals surface area contributed by atoms with E-state index in [1.165, 1.54) is 12.0 Å². The zero-order chi connectivity index (χ0) is 21.8. The van der Waals surface area contributed by atoms with Gasteiger partial charge in [0.15, 0.2) is 5.65 Å². The number of hydrogen-bond acceptors (Lipinski definition) is 5. The Labute approximate surface area is 183 Å². The molecular formula is C24H32N6O. The number of amides is 1. The molecule has 31 heavy (non-hydrogen) atoms. The fourth-order valence-electron chi connectivity index (χ4n) is 4.53. The van der Waals surface area contributed by atoms with Gasteiger partial charge in [-0.15, -0.1) is 0 Å². The molecule has 4 rings (SSSR count). The van der Waals surface area contributed by atoms with Crippen LogP contribution in [0, 0.1) is 13.8 Å². The van der Waals surface area contributed by atoms with Crippen LogP contribution in [0.3, 0.4) is 0 Å². The average Bonchev–Trinajstić information content (AvgIpc) is 3.39. The number of aromatic nitrogens is 4. The molecular weight excluding hydrogens is 388 g/mol. The van der Waals surface area contributed by atoms with Gasteiger partial charge in [-0.2, -0.15) is 5.10 Å². The molecule has 4 heterocycles. The third kappa shape index (κ3) is 4.77. The van der Waals surface area contributed by atoms with Crippen molar-refractivity contribution in [1.29, 1.82) is 0 Å². The van der Waals surface area contributed by atoms with Crippen LogP contribution in [0.1, 0.15) is 66.9 Å². The fraction of sp³-hybridized carbons (Fsp3) is 0.500. The highest BCUT2D eigenvalue weighted by molar-refractivity contribution is 5.76. The molecule has 1 N–H and O–H groups in total. The largest absolute Gasteiger partial charge is 0.356 e. The molecule has 1 aliphatic heterocycles. The molecule has 164 valence electrons. The number of likely N-dealkylation sites (tertiary alicyclic amines) is 1. The van der Waals surface area contributed by atoms with Gasteiger partial charge in [0, 0.05) is 49.4 Å². The summed E-state index contributed by atoms with van der Waals surface area (Å²) in [5, 5.41) is 7.92. The van der Waals surface area contributed by atoms with Crippen LogP contribution in [0.15, 0.2) is 30.6 Å². The molecule has 1 aliphatic rings. The minimum atomic E-state index is 0.0969. The first-order valence-corrected chi connectivity index (χ1v) is 11.3. The lowest BCUT2D eigenvalue weighted by Crippen LogP contribution is -2.24. The zero-order valence-corrected chi connectivity index (χ0v) is 18.8. The lowest BCUT2D eigenvalue weighted by molar-refractivity contribution is -0.121. The van der Waals surface area contributed by atoms with Gasteiger partial charge in [0.1, 0.15) is 0 Å². The van der Waals surface area contributed by atoms with E-state index in [1.54, 1.807) is 0 Å². The van der Waals surface area contributed by atoms with Crippen LogP contribution < -0.4 is 5.32 Å². The Morgan fingerprint density at radius 3 is 2.84 bits per heavy atom. The van der Waals surface area contributed by atoms with Crippen molar-refractivity contribution >= 4 is 11.6 Å². The maximum Gasteiger partial charge on any atom is 0.220 e. The van der Waals surface area contributed by atoms with Crippen LogP contribution in [0.25, 0.3) is 5.65 Å². The van der Waals surface area contributed by atoms with E-state index in [0.717, 1.165) is 60.8 Å². The Hall–Kier alpha value is -2.80. The van der Waals surface area contributed by atoms with Crippen LogP contribution >= 0.6 is 0 Å². The van der Waals surface area contributed by atoms with Gasteiger partial charge in [-0.1, -0.05) is 6.92 Å². The maximum atomic E-state index is 12.1. The third-order valence-electron chi connectivity index (χ3n) is 6.20. The van der Waals surface area contributed by atoms with Crippen molar-refractivity contribution in [2.24, 2.45) is 0 Å². The summed E-state index contributed by atoms with van der Waals surface area (Å²) in [6.07, 6.45) is 8.10. The van der Waals surface area contributed by atoms with Gasteiger partial charge in [0.2, 0.25) is 5.91 Å². The van der Waals surface area contributed by atoms with E-state index in [1.807, 2.05) is 23.8 Å². The van der Waals surface area contributed by atoms with Gasteiger partial charge in [0.25, 0.3) is 0 Å². The van der Waals surface area contributed by atoms with Crippen LogP contribution in [0.2, 0.25) is 0 Å². The Morgan fingerprint density at radius 1 is 1.26 bits per heavy atom. The normalized spacial score (nSPS) is 16.8. The first kappa shape index (κ1) is 21.4. The summed E-state index contributed by atoms with van der Waals surface area (Å²) in [5.74, 6) is 0.0969. The van der Waals surface area contributed by atoms with Gasteiger partial charge in [-0.05, 0) is 69.3 Å². The summed E-state index contributed by atoms with van der Waals surface area (Å²) in [4.78, 5) is 23.5. The number of nitrogens with one attached hydrogen (secondary N) is 1. The summed E-state index contributed by atoms with van der Waals surface area (Å²) in [6, 6.07) is 6.60. The molecule has 1 saturated heterocycles. The van der Waals surface area contributed by atoms with Crippen molar-refractivity contribution in [3.05, 3.63) is 58.8 Å². The summed E-state index contributed by atoms with van der Waals surface area (Å²) in [5.41, 5.74) is 6.43. The predicted molar refractivity (Wildman–Crippen MR) is 121 cm³/mol. The molecule has 7 heteroatoms. The molecule has 0 unspecified atom stereocenters. The Bertz CT molecular complexity index is 1050. The number of carbonyl (C=O) groups is 1. The van der Waals surface area contributed by atoms with Crippen molar-refractivity contribution < 1.29 is 4.79 Å². The molecule has 1 amide bonds. The average molecular weight is 421 g/mol. The molecule has 0 radical (unpaired) electrons. The number of fused-ring (bicyclic) bond motifs is 1. The molecule has 0 spiro atoms. The smallest absolute Gasteiger partial charge is 0.220 e. The molecule has 1 fully saturated rings. The molecule has 3 aromatic rings. The van der Waals surface area contributed by atoms with Crippen molar-refractivity contribution in [3.8, 4) is 0 Å². The predicted octanol–water partition coefficient (Wildman–Crippen LogP) is 3.54. The first-order chi connectivity index (χ1) is 15.1. The second-order valence-electron chi connectivity index (χ2n) is 8.43. The molecule has 1 atom stereocenters. The van der Waals surface area contributed by atoms with Crippen LogP contribution in [0.5, 0.6) is 0 Å². The molecule has 3 aromatic heterocycles. The first-order valence-electron chi connectivity index (χ1n) is 11.3.